The van der Waals surface area contributed by atoms with Gasteiger partial charge in [-0.15, -0.1) is 6.58 Å². The highest BCUT2D eigenvalue weighted by molar-refractivity contribution is 5.96. The van der Waals surface area contributed by atoms with Crippen LogP contribution < -0.4 is 10.6 Å². The fraction of sp³-hybridized carbons (Fsp3) is 0.167. The number of carbonyl (C=O) groups is 2. The second-order valence-corrected chi connectivity index (χ2v) is 3.50. The minimum atomic E-state index is -1.26. The van der Waals surface area contributed by atoms with Crippen molar-refractivity contribution in [1.82, 2.24) is 5.32 Å². The number of hydrogen-bond donors (Lipinski definition) is 4. The Kier molecular flexibility index (Phi) is 4.89. The summed E-state index contributed by atoms with van der Waals surface area (Å²) in [5.41, 5.74) is 0.0578. The molecule has 4 N–H and O–H groups in total. The van der Waals surface area contributed by atoms with Gasteiger partial charge in [-0.05, 0) is 18.2 Å². The third-order valence-electron chi connectivity index (χ3n) is 2.08. The molecule has 0 aliphatic carbocycles. The summed E-state index contributed by atoms with van der Waals surface area (Å²) < 4.78 is 0. The van der Waals surface area contributed by atoms with Crippen LogP contribution in [0.25, 0.3) is 0 Å². The summed E-state index contributed by atoms with van der Waals surface area (Å²) in [5, 5.41) is 23.4. The summed E-state index contributed by atoms with van der Waals surface area (Å²) in [6, 6.07) is 3.84. The topological polar surface area (TPSA) is 98.7 Å². The number of phenols is 1. The molecule has 1 aromatic carbocycles. The van der Waals surface area contributed by atoms with Crippen LogP contribution in [0.5, 0.6) is 5.75 Å². The highest BCUT2D eigenvalue weighted by Crippen LogP contribution is 2.21. The van der Waals surface area contributed by atoms with E-state index in [0.717, 1.165) is 0 Å². The van der Waals surface area contributed by atoms with E-state index in [-0.39, 0.29) is 23.8 Å². The van der Waals surface area contributed by atoms with E-state index in [1.807, 2.05) is 0 Å². The fourth-order valence-electron chi connectivity index (χ4n) is 1.28. The molecule has 1 aromatic rings. The molecule has 0 unspecified atom stereocenters. The summed E-state index contributed by atoms with van der Waals surface area (Å²) in [7, 11) is 0. The van der Waals surface area contributed by atoms with Gasteiger partial charge in [0.15, 0.2) is 0 Å². The number of benzene rings is 1. The van der Waals surface area contributed by atoms with Crippen LogP contribution in [0.4, 0.5) is 5.69 Å². The average Bonchev–Trinajstić information content (AvgIpc) is 2.31. The van der Waals surface area contributed by atoms with Crippen molar-refractivity contribution in [2.24, 2.45) is 0 Å². The number of carboxylic acids is 1. The number of aromatic carboxylic acids is 1. The molecule has 1 rings (SSSR count). The second-order valence-electron chi connectivity index (χ2n) is 3.50. The van der Waals surface area contributed by atoms with Gasteiger partial charge >= 0.3 is 5.97 Å². The Labute approximate surface area is 104 Å². The molecule has 0 saturated carbocycles. The van der Waals surface area contributed by atoms with Crippen molar-refractivity contribution < 1.29 is 19.8 Å². The quantitative estimate of drug-likeness (QED) is 0.340. The van der Waals surface area contributed by atoms with Gasteiger partial charge in [0.1, 0.15) is 11.3 Å². The molecule has 96 valence electrons. The first-order valence-corrected chi connectivity index (χ1v) is 5.22. The van der Waals surface area contributed by atoms with Crippen molar-refractivity contribution >= 4 is 17.6 Å². The zero-order chi connectivity index (χ0) is 13.5. The number of carboxylic acid groups (broad SMARTS) is 1. The van der Waals surface area contributed by atoms with E-state index in [1.165, 1.54) is 18.2 Å². The first-order valence-electron chi connectivity index (χ1n) is 5.22. The molecular weight excluding hydrogens is 236 g/mol. The maximum atomic E-state index is 11.4. The SMILES string of the molecule is C=CCNCC(=O)Nc1ccc(O)c(C(=O)O)c1. The van der Waals surface area contributed by atoms with Crippen molar-refractivity contribution in [3.05, 3.63) is 36.4 Å². The Bertz CT molecular complexity index is 471. The molecular formula is C12H14N2O4. The van der Waals surface area contributed by atoms with Crippen molar-refractivity contribution in [2.45, 2.75) is 0 Å². The van der Waals surface area contributed by atoms with E-state index >= 15 is 0 Å². The van der Waals surface area contributed by atoms with Crippen LogP contribution in [0.3, 0.4) is 0 Å². The van der Waals surface area contributed by atoms with Gasteiger partial charge in [0.2, 0.25) is 5.91 Å². The molecule has 0 fully saturated rings. The van der Waals surface area contributed by atoms with E-state index in [9.17, 15) is 14.7 Å². The lowest BCUT2D eigenvalue weighted by Crippen LogP contribution is -2.28. The van der Waals surface area contributed by atoms with Crippen molar-refractivity contribution in [3.8, 4) is 5.75 Å². The smallest absolute Gasteiger partial charge is 0.339 e. The standard InChI is InChI=1S/C12H14N2O4/c1-2-5-13-7-11(16)14-8-3-4-10(15)9(6-8)12(17)18/h2-4,6,13,15H,1,5,7H2,(H,14,16)(H,17,18). The van der Waals surface area contributed by atoms with Crippen molar-refractivity contribution in [1.29, 1.82) is 0 Å². The van der Waals surface area contributed by atoms with E-state index < -0.39 is 5.97 Å². The highest BCUT2D eigenvalue weighted by atomic mass is 16.4. The fourth-order valence-corrected chi connectivity index (χ4v) is 1.28. The van der Waals surface area contributed by atoms with Crippen LogP contribution in [-0.2, 0) is 4.79 Å². The summed E-state index contributed by atoms with van der Waals surface area (Å²) in [5.74, 6) is -1.91. The number of aromatic hydroxyl groups is 1. The number of anilines is 1. The van der Waals surface area contributed by atoms with Crippen LogP contribution >= 0.6 is 0 Å². The van der Waals surface area contributed by atoms with Crippen LogP contribution in [0.15, 0.2) is 30.9 Å². The molecule has 0 bridgehead atoms. The van der Waals surface area contributed by atoms with Gasteiger partial charge in [-0.25, -0.2) is 4.79 Å². The lowest BCUT2D eigenvalue weighted by atomic mass is 10.2. The molecule has 6 nitrogen and oxygen atoms in total. The Balaban J connectivity index is 2.67. The predicted molar refractivity (Wildman–Crippen MR) is 66.8 cm³/mol. The van der Waals surface area contributed by atoms with Crippen LogP contribution in [0.1, 0.15) is 10.4 Å². The van der Waals surface area contributed by atoms with Crippen LogP contribution in [-0.4, -0.2) is 35.2 Å². The number of rotatable bonds is 6. The number of hydrogen-bond acceptors (Lipinski definition) is 4. The molecule has 0 aromatic heterocycles. The molecule has 18 heavy (non-hydrogen) atoms. The lowest BCUT2D eigenvalue weighted by Gasteiger charge is -2.07. The molecule has 0 aliphatic heterocycles. The Morgan fingerprint density at radius 1 is 1.39 bits per heavy atom. The lowest BCUT2D eigenvalue weighted by molar-refractivity contribution is -0.115. The molecule has 6 heteroatoms. The molecule has 0 radical (unpaired) electrons. The zero-order valence-corrected chi connectivity index (χ0v) is 9.64. The molecule has 0 heterocycles. The third kappa shape index (κ3) is 3.91. The van der Waals surface area contributed by atoms with Gasteiger partial charge < -0.3 is 20.8 Å². The number of carbonyl (C=O) groups excluding carboxylic acids is 1. The van der Waals surface area contributed by atoms with Crippen molar-refractivity contribution in [2.75, 3.05) is 18.4 Å². The number of nitrogens with one attached hydrogen (secondary N) is 2. The number of amides is 1. The highest BCUT2D eigenvalue weighted by Gasteiger charge is 2.11. The minimum Gasteiger partial charge on any atom is -0.507 e. The maximum Gasteiger partial charge on any atom is 0.339 e. The van der Waals surface area contributed by atoms with Crippen molar-refractivity contribution in [3.63, 3.8) is 0 Å². The first-order chi connectivity index (χ1) is 8.54. The predicted octanol–water partition coefficient (Wildman–Crippen LogP) is 0.804. The maximum absolute atomic E-state index is 11.4. The van der Waals surface area contributed by atoms with Crippen LogP contribution in [0.2, 0.25) is 0 Å². The first kappa shape index (κ1) is 13.7. The van der Waals surface area contributed by atoms with E-state index in [0.29, 0.717) is 12.2 Å². The Morgan fingerprint density at radius 2 is 2.11 bits per heavy atom. The van der Waals surface area contributed by atoms with Gasteiger partial charge in [0.25, 0.3) is 0 Å². The van der Waals surface area contributed by atoms with Crippen LogP contribution in [0, 0.1) is 0 Å². The molecule has 0 aliphatic rings. The summed E-state index contributed by atoms with van der Waals surface area (Å²) in [6.45, 7) is 4.09. The molecule has 0 atom stereocenters. The van der Waals surface area contributed by atoms with E-state index in [2.05, 4.69) is 17.2 Å². The van der Waals surface area contributed by atoms with Gasteiger partial charge in [-0.2, -0.15) is 0 Å². The Hall–Kier alpha value is -2.34. The Morgan fingerprint density at radius 3 is 2.72 bits per heavy atom. The average molecular weight is 250 g/mol. The normalized spacial score (nSPS) is 9.78. The van der Waals surface area contributed by atoms with Gasteiger partial charge in [0, 0.05) is 12.2 Å². The molecule has 0 spiro atoms. The van der Waals surface area contributed by atoms with E-state index in [4.69, 9.17) is 5.11 Å². The monoisotopic (exact) mass is 250 g/mol. The molecule has 1 amide bonds. The third-order valence-corrected chi connectivity index (χ3v) is 2.08. The van der Waals surface area contributed by atoms with Gasteiger partial charge in [0.05, 0.1) is 6.54 Å². The second kappa shape index (κ2) is 6.41. The summed E-state index contributed by atoms with van der Waals surface area (Å²) >= 11 is 0. The summed E-state index contributed by atoms with van der Waals surface area (Å²) in [6.07, 6.45) is 1.62. The van der Waals surface area contributed by atoms with Gasteiger partial charge in [-0.3, -0.25) is 4.79 Å². The summed E-state index contributed by atoms with van der Waals surface area (Å²) in [4.78, 5) is 22.2. The molecule has 0 saturated heterocycles. The van der Waals surface area contributed by atoms with E-state index in [1.54, 1.807) is 6.08 Å². The minimum absolute atomic E-state index is 0.0926. The largest absolute Gasteiger partial charge is 0.507 e. The zero-order valence-electron chi connectivity index (χ0n) is 9.64. The van der Waals surface area contributed by atoms with Gasteiger partial charge in [-0.1, -0.05) is 6.08 Å².